The van der Waals surface area contributed by atoms with Crippen molar-refractivity contribution >= 4 is 11.6 Å². The number of hydrogen-bond acceptors (Lipinski definition) is 6. The van der Waals surface area contributed by atoms with Gasteiger partial charge in [0.25, 0.3) is 0 Å². The third-order valence-electron chi connectivity index (χ3n) is 4.07. The molecular weight excluding hydrogens is 268 g/mol. The predicted molar refractivity (Wildman–Crippen MR) is 81.7 cm³/mol. The van der Waals surface area contributed by atoms with Crippen LogP contribution in [0.25, 0.3) is 0 Å². The van der Waals surface area contributed by atoms with Crippen molar-refractivity contribution in [2.75, 3.05) is 36.9 Å². The summed E-state index contributed by atoms with van der Waals surface area (Å²) in [5.74, 6) is 3.07. The second-order valence-corrected chi connectivity index (χ2v) is 5.99. The minimum atomic E-state index is -0.693. The van der Waals surface area contributed by atoms with Gasteiger partial charge in [0.1, 0.15) is 17.5 Å². The SMILES string of the molecule is CCNc1cc(NCC2(O)CCOCC2)nc(C2CC2)n1. The van der Waals surface area contributed by atoms with E-state index in [2.05, 4.69) is 27.5 Å². The van der Waals surface area contributed by atoms with E-state index in [1.165, 1.54) is 12.8 Å². The Balaban J connectivity index is 1.68. The van der Waals surface area contributed by atoms with E-state index in [-0.39, 0.29) is 0 Å². The molecule has 6 heteroatoms. The number of nitrogens with zero attached hydrogens (tertiary/aromatic N) is 2. The maximum atomic E-state index is 10.5. The molecular formula is C15H24N4O2. The number of ether oxygens (including phenoxy) is 1. The molecule has 2 fully saturated rings. The number of aliphatic hydroxyl groups is 1. The summed E-state index contributed by atoms with van der Waals surface area (Å²) in [4.78, 5) is 9.14. The smallest absolute Gasteiger partial charge is 0.136 e. The molecule has 1 saturated carbocycles. The van der Waals surface area contributed by atoms with Crippen molar-refractivity contribution in [3.8, 4) is 0 Å². The summed E-state index contributed by atoms with van der Waals surface area (Å²) in [6.45, 7) is 4.64. The fourth-order valence-electron chi connectivity index (χ4n) is 2.54. The Labute approximate surface area is 125 Å². The molecule has 0 atom stereocenters. The highest BCUT2D eigenvalue weighted by Crippen LogP contribution is 2.38. The highest BCUT2D eigenvalue weighted by Gasteiger charge is 2.30. The lowest BCUT2D eigenvalue weighted by Gasteiger charge is -2.32. The third-order valence-corrected chi connectivity index (χ3v) is 4.07. The van der Waals surface area contributed by atoms with Crippen LogP contribution in [-0.4, -0.2) is 47.0 Å². The van der Waals surface area contributed by atoms with E-state index in [9.17, 15) is 5.11 Å². The van der Waals surface area contributed by atoms with Gasteiger partial charge < -0.3 is 20.5 Å². The molecule has 1 aliphatic carbocycles. The van der Waals surface area contributed by atoms with Crippen molar-refractivity contribution in [1.29, 1.82) is 0 Å². The Morgan fingerprint density at radius 2 is 1.90 bits per heavy atom. The first-order valence-corrected chi connectivity index (χ1v) is 7.85. The molecule has 2 heterocycles. The van der Waals surface area contributed by atoms with Gasteiger partial charge >= 0.3 is 0 Å². The minimum Gasteiger partial charge on any atom is -0.388 e. The van der Waals surface area contributed by atoms with Gasteiger partial charge in [-0.15, -0.1) is 0 Å². The van der Waals surface area contributed by atoms with Crippen LogP contribution >= 0.6 is 0 Å². The van der Waals surface area contributed by atoms with Crippen LogP contribution < -0.4 is 10.6 Å². The number of rotatable bonds is 6. The molecule has 0 radical (unpaired) electrons. The first-order chi connectivity index (χ1) is 10.2. The average Bonchev–Trinajstić information content (AvgIpc) is 3.31. The summed E-state index contributed by atoms with van der Waals surface area (Å²) in [5.41, 5.74) is -0.693. The largest absolute Gasteiger partial charge is 0.388 e. The van der Waals surface area contributed by atoms with E-state index >= 15 is 0 Å². The molecule has 0 aromatic carbocycles. The zero-order chi connectivity index (χ0) is 14.7. The maximum absolute atomic E-state index is 10.5. The highest BCUT2D eigenvalue weighted by atomic mass is 16.5. The van der Waals surface area contributed by atoms with Crippen molar-refractivity contribution in [3.05, 3.63) is 11.9 Å². The van der Waals surface area contributed by atoms with Crippen LogP contribution in [0.2, 0.25) is 0 Å². The Kier molecular flexibility index (Phi) is 4.26. The molecule has 1 saturated heterocycles. The lowest BCUT2D eigenvalue weighted by molar-refractivity contribution is -0.0543. The first kappa shape index (κ1) is 14.5. The normalized spacial score (nSPS) is 21.0. The molecule has 6 nitrogen and oxygen atoms in total. The second kappa shape index (κ2) is 6.15. The number of aromatic nitrogens is 2. The van der Waals surface area contributed by atoms with Crippen LogP contribution in [0.5, 0.6) is 0 Å². The lowest BCUT2D eigenvalue weighted by atomic mass is 9.94. The molecule has 0 amide bonds. The average molecular weight is 292 g/mol. The van der Waals surface area contributed by atoms with Gasteiger partial charge in [-0.1, -0.05) is 0 Å². The van der Waals surface area contributed by atoms with Gasteiger partial charge in [-0.25, -0.2) is 9.97 Å². The van der Waals surface area contributed by atoms with Crippen LogP contribution in [0.4, 0.5) is 11.6 Å². The fraction of sp³-hybridized carbons (Fsp3) is 0.733. The monoisotopic (exact) mass is 292 g/mol. The maximum Gasteiger partial charge on any atom is 0.136 e. The van der Waals surface area contributed by atoms with Gasteiger partial charge in [0.2, 0.25) is 0 Å². The standard InChI is InChI=1S/C15H24N4O2/c1-2-16-12-9-13(19-14(18-12)11-3-4-11)17-10-15(20)5-7-21-8-6-15/h9,11,20H,2-8,10H2,1H3,(H2,16,17,18,19). The van der Waals surface area contributed by atoms with E-state index in [0.29, 0.717) is 38.5 Å². The minimum absolute atomic E-state index is 0.503. The van der Waals surface area contributed by atoms with Gasteiger partial charge in [0.05, 0.1) is 5.60 Å². The zero-order valence-electron chi connectivity index (χ0n) is 12.6. The Morgan fingerprint density at radius 1 is 1.24 bits per heavy atom. The fourth-order valence-corrected chi connectivity index (χ4v) is 2.54. The van der Waals surface area contributed by atoms with E-state index < -0.39 is 5.60 Å². The van der Waals surface area contributed by atoms with E-state index in [1.807, 2.05) is 6.07 Å². The molecule has 1 aromatic heterocycles. The Morgan fingerprint density at radius 3 is 2.52 bits per heavy atom. The topological polar surface area (TPSA) is 79.3 Å². The molecule has 0 unspecified atom stereocenters. The van der Waals surface area contributed by atoms with E-state index in [0.717, 1.165) is 24.0 Å². The first-order valence-electron chi connectivity index (χ1n) is 7.85. The summed E-state index contributed by atoms with van der Waals surface area (Å²) in [6.07, 6.45) is 3.69. The van der Waals surface area contributed by atoms with Crippen molar-refractivity contribution < 1.29 is 9.84 Å². The van der Waals surface area contributed by atoms with Crippen LogP contribution in [0.15, 0.2) is 6.07 Å². The summed E-state index contributed by atoms with van der Waals surface area (Å²) >= 11 is 0. The van der Waals surface area contributed by atoms with Crippen LogP contribution in [0.1, 0.15) is 44.3 Å². The molecule has 2 aliphatic rings. The van der Waals surface area contributed by atoms with Crippen LogP contribution in [0.3, 0.4) is 0 Å². The Bertz CT molecular complexity index is 485. The van der Waals surface area contributed by atoms with Crippen molar-refractivity contribution in [2.45, 2.75) is 44.1 Å². The molecule has 3 N–H and O–H groups in total. The molecule has 116 valence electrons. The van der Waals surface area contributed by atoms with Gasteiger partial charge in [-0.2, -0.15) is 0 Å². The van der Waals surface area contributed by atoms with E-state index in [4.69, 9.17) is 4.74 Å². The summed E-state index contributed by atoms with van der Waals surface area (Å²) in [5, 5.41) is 17.0. The quantitative estimate of drug-likeness (QED) is 0.741. The lowest BCUT2D eigenvalue weighted by Crippen LogP contribution is -2.42. The van der Waals surface area contributed by atoms with Gasteiger partial charge in [0, 0.05) is 51.1 Å². The van der Waals surface area contributed by atoms with E-state index in [1.54, 1.807) is 0 Å². The third kappa shape index (κ3) is 3.83. The van der Waals surface area contributed by atoms with Crippen molar-refractivity contribution in [3.63, 3.8) is 0 Å². The van der Waals surface area contributed by atoms with Gasteiger partial charge in [-0.05, 0) is 19.8 Å². The molecule has 1 aliphatic heterocycles. The Hall–Kier alpha value is -1.40. The molecule has 1 aromatic rings. The molecule has 0 bridgehead atoms. The van der Waals surface area contributed by atoms with Crippen LogP contribution in [0, 0.1) is 0 Å². The summed E-state index contributed by atoms with van der Waals surface area (Å²) in [7, 11) is 0. The van der Waals surface area contributed by atoms with Crippen molar-refractivity contribution in [2.24, 2.45) is 0 Å². The van der Waals surface area contributed by atoms with Crippen molar-refractivity contribution in [1.82, 2.24) is 9.97 Å². The molecule has 21 heavy (non-hydrogen) atoms. The van der Waals surface area contributed by atoms with Crippen LogP contribution in [-0.2, 0) is 4.74 Å². The van der Waals surface area contributed by atoms with Gasteiger partial charge in [-0.3, -0.25) is 0 Å². The number of nitrogens with one attached hydrogen (secondary N) is 2. The second-order valence-electron chi connectivity index (χ2n) is 5.99. The zero-order valence-corrected chi connectivity index (χ0v) is 12.6. The molecule has 0 spiro atoms. The highest BCUT2D eigenvalue weighted by molar-refractivity contribution is 5.48. The summed E-state index contributed by atoms with van der Waals surface area (Å²) in [6, 6.07) is 1.91. The molecule has 3 rings (SSSR count). The van der Waals surface area contributed by atoms with Gasteiger partial charge in [0.15, 0.2) is 0 Å². The number of anilines is 2. The number of hydrogen-bond donors (Lipinski definition) is 3. The predicted octanol–water partition coefficient (Wildman–Crippen LogP) is 1.74. The summed E-state index contributed by atoms with van der Waals surface area (Å²) < 4.78 is 5.30.